The first-order valence-corrected chi connectivity index (χ1v) is 7.56. The number of Topliss-reactive ketones (excluding diaryl/α,β-unsaturated/α-hetero) is 1. The van der Waals surface area contributed by atoms with Gasteiger partial charge in [-0.05, 0) is 18.1 Å². The van der Waals surface area contributed by atoms with E-state index < -0.39 is 10.1 Å². The second-order valence-electron chi connectivity index (χ2n) is 4.37. The van der Waals surface area contributed by atoms with Crippen molar-refractivity contribution in [1.29, 1.82) is 0 Å². The van der Waals surface area contributed by atoms with E-state index in [0.717, 1.165) is 0 Å². The Kier molecular flexibility index (Phi) is 4.32. The summed E-state index contributed by atoms with van der Waals surface area (Å²) in [6.45, 7) is 0. The van der Waals surface area contributed by atoms with Gasteiger partial charge in [-0.1, -0.05) is 48.5 Å². The molecule has 0 atom stereocenters. The third kappa shape index (κ3) is 3.53. The molecule has 0 amide bonds. The molecule has 0 saturated carbocycles. The van der Waals surface area contributed by atoms with Crippen molar-refractivity contribution in [2.75, 3.05) is 0 Å². The van der Waals surface area contributed by atoms with E-state index in [4.69, 9.17) is 4.55 Å². The minimum atomic E-state index is -4.26. The third-order valence-electron chi connectivity index (χ3n) is 2.97. The van der Waals surface area contributed by atoms with Crippen molar-refractivity contribution in [1.82, 2.24) is 0 Å². The summed E-state index contributed by atoms with van der Waals surface area (Å²) in [4.78, 5) is 11.8. The Hall–Kier alpha value is -1.98. The van der Waals surface area contributed by atoms with Crippen LogP contribution in [0.2, 0.25) is 0 Å². The molecule has 0 radical (unpaired) electrons. The number of benzene rings is 2. The second kappa shape index (κ2) is 5.98. The molecule has 0 aromatic heterocycles. The predicted octanol–water partition coefficient (Wildman–Crippen LogP) is 2.75. The molecule has 0 spiro atoms. The molecular weight excluding hydrogens is 276 g/mol. The summed E-state index contributed by atoms with van der Waals surface area (Å²) >= 11 is 0. The highest BCUT2D eigenvalue weighted by Crippen LogP contribution is 2.17. The number of rotatable bonds is 5. The number of aryl methyl sites for hydroxylation is 1. The Morgan fingerprint density at radius 2 is 1.55 bits per heavy atom. The Balaban J connectivity index is 2.15. The molecule has 0 fully saturated rings. The predicted molar refractivity (Wildman–Crippen MR) is 75.4 cm³/mol. The van der Waals surface area contributed by atoms with Gasteiger partial charge in [0.05, 0.1) is 4.90 Å². The lowest BCUT2D eigenvalue weighted by Crippen LogP contribution is -2.06. The highest BCUT2D eigenvalue weighted by molar-refractivity contribution is 7.85. The van der Waals surface area contributed by atoms with Gasteiger partial charge in [0.25, 0.3) is 10.1 Å². The van der Waals surface area contributed by atoms with Crippen LogP contribution in [0.3, 0.4) is 0 Å². The van der Waals surface area contributed by atoms with Crippen LogP contribution in [0.4, 0.5) is 0 Å². The molecule has 5 heteroatoms. The van der Waals surface area contributed by atoms with Crippen molar-refractivity contribution >= 4 is 15.9 Å². The molecule has 0 bridgehead atoms. The molecule has 2 aromatic rings. The SMILES string of the molecule is O=C(CCc1ccccc1S(=O)(=O)O)c1ccccc1. The van der Waals surface area contributed by atoms with E-state index in [1.807, 2.05) is 6.07 Å². The Morgan fingerprint density at radius 1 is 0.950 bits per heavy atom. The molecule has 1 N–H and O–H groups in total. The van der Waals surface area contributed by atoms with Gasteiger partial charge in [-0.25, -0.2) is 0 Å². The first-order chi connectivity index (χ1) is 9.48. The minimum Gasteiger partial charge on any atom is -0.294 e. The van der Waals surface area contributed by atoms with Crippen LogP contribution < -0.4 is 0 Å². The van der Waals surface area contributed by atoms with E-state index in [-0.39, 0.29) is 23.5 Å². The average molecular weight is 290 g/mol. The van der Waals surface area contributed by atoms with Gasteiger partial charge in [-0.2, -0.15) is 8.42 Å². The van der Waals surface area contributed by atoms with Gasteiger partial charge in [-0.15, -0.1) is 0 Å². The van der Waals surface area contributed by atoms with Gasteiger partial charge in [-0.3, -0.25) is 9.35 Å². The van der Waals surface area contributed by atoms with Crippen LogP contribution in [-0.4, -0.2) is 18.8 Å². The molecule has 0 heterocycles. The third-order valence-corrected chi connectivity index (χ3v) is 3.92. The maximum absolute atomic E-state index is 12.0. The van der Waals surface area contributed by atoms with Gasteiger partial charge in [0, 0.05) is 12.0 Å². The van der Waals surface area contributed by atoms with Crippen LogP contribution in [0.1, 0.15) is 22.3 Å². The van der Waals surface area contributed by atoms with E-state index in [2.05, 4.69) is 0 Å². The number of carbonyl (C=O) groups excluding carboxylic acids is 1. The van der Waals surface area contributed by atoms with Gasteiger partial charge in [0.2, 0.25) is 0 Å². The quantitative estimate of drug-likeness (QED) is 0.679. The van der Waals surface area contributed by atoms with Crippen LogP contribution in [0, 0.1) is 0 Å². The zero-order valence-corrected chi connectivity index (χ0v) is 11.5. The minimum absolute atomic E-state index is 0.0595. The lowest BCUT2D eigenvalue weighted by Gasteiger charge is -2.06. The first-order valence-electron chi connectivity index (χ1n) is 6.12. The molecule has 20 heavy (non-hydrogen) atoms. The molecule has 2 rings (SSSR count). The van der Waals surface area contributed by atoms with Gasteiger partial charge >= 0.3 is 0 Å². The molecule has 0 aliphatic heterocycles. The standard InChI is InChI=1S/C15H14O4S/c16-14(12-6-2-1-3-7-12)11-10-13-8-4-5-9-15(13)20(17,18)19/h1-9H,10-11H2,(H,17,18,19). The molecule has 0 saturated heterocycles. The van der Waals surface area contributed by atoms with Crippen LogP contribution >= 0.6 is 0 Å². The molecule has 0 aliphatic rings. The van der Waals surface area contributed by atoms with Crippen LogP contribution in [-0.2, 0) is 16.5 Å². The Morgan fingerprint density at radius 3 is 2.20 bits per heavy atom. The van der Waals surface area contributed by atoms with Crippen molar-refractivity contribution in [3.8, 4) is 0 Å². The zero-order valence-electron chi connectivity index (χ0n) is 10.7. The van der Waals surface area contributed by atoms with Crippen molar-refractivity contribution in [2.24, 2.45) is 0 Å². The number of ketones is 1. The van der Waals surface area contributed by atoms with Crippen LogP contribution in [0.5, 0.6) is 0 Å². The highest BCUT2D eigenvalue weighted by atomic mass is 32.2. The number of hydrogen-bond acceptors (Lipinski definition) is 3. The van der Waals surface area contributed by atoms with Gasteiger partial charge in [0.15, 0.2) is 5.78 Å². The molecule has 4 nitrogen and oxygen atoms in total. The lowest BCUT2D eigenvalue weighted by molar-refractivity contribution is 0.0982. The average Bonchev–Trinajstić information content (AvgIpc) is 2.45. The van der Waals surface area contributed by atoms with Crippen molar-refractivity contribution in [3.05, 3.63) is 65.7 Å². The summed E-state index contributed by atoms with van der Waals surface area (Å²) in [5, 5.41) is 0. The molecular formula is C15H14O4S. The maximum atomic E-state index is 12.0. The normalized spacial score (nSPS) is 11.2. The number of hydrogen-bond donors (Lipinski definition) is 1. The summed E-state index contributed by atoms with van der Waals surface area (Å²) in [6.07, 6.45) is 0.459. The zero-order chi connectivity index (χ0) is 14.6. The summed E-state index contributed by atoms with van der Waals surface area (Å²) < 4.78 is 31.6. The van der Waals surface area contributed by atoms with Gasteiger partial charge in [0.1, 0.15) is 0 Å². The highest BCUT2D eigenvalue weighted by Gasteiger charge is 2.15. The second-order valence-corrected chi connectivity index (χ2v) is 5.76. The van der Waals surface area contributed by atoms with Crippen molar-refractivity contribution in [3.63, 3.8) is 0 Å². The molecule has 0 aliphatic carbocycles. The first kappa shape index (κ1) is 14.4. The van der Waals surface area contributed by atoms with Crippen molar-refractivity contribution < 1.29 is 17.8 Å². The molecule has 104 valence electrons. The molecule has 0 unspecified atom stereocenters. The van der Waals surface area contributed by atoms with E-state index in [1.54, 1.807) is 36.4 Å². The lowest BCUT2D eigenvalue weighted by atomic mass is 10.0. The topological polar surface area (TPSA) is 71.4 Å². The van der Waals surface area contributed by atoms with Gasteiger partial charge < -0.3 is 0 Å². The Labute approximate surface area is 117 Å². The summed E-state index contributed by atoms with van der Waals surface area (Å²) in [7, 11) is -4.26. The molecule has 2 aromatic carbocycles. The van der Waals surface area contributed by atoms with Crippen LogP contribution in [0.25, 0.3) is 0 Å². The smallest absolute Gasteiger partial charge is 0.294 e. The van der Waals surface area contributed by atoms with E-state index >= 15 is 0 Å². The Bertz CT molecular complexity index is 706. The number of carbonyl (C=O) groups is 1. The van der Waals surface area contributed by atoms with E-state index in [0.29, 0.717) is 11.1 Å². The summed E-state index contributed by atoms with van der Waals surface area (Å²) in [6, 6.07) is 15.0. The van der Waals surface area contributed by atoms with E-state index in [9.17, 15) is 13.2 Å². The fourth-order valence-corrected chi connectivity index (χ4v) is 2.73. The largest absolute Gasteiger partial charge is 0.294 e. The monoisotopic (exact) mass is 290 g/mol. The maximum Gasteiger partial charge on any atom is 0.294 e. The fourth-order valence-electron chi connectivity index (χ4n) is 1.98. The summed E-state index contributed by atoms with van der Waals surface area (Å²) in [5.41, 5.74) is 1.04. The van der Waals surface area contributed by atoms with Crippen LogP contribution in [0.15, 0.2) is 59.5 Å². The van der Waals surface area contributed by atoms with Crippen molar-refractivity contribution in [2.45, 2.75) is 17.7 Å². The summed E-state index contributed by atoms with van der Waals surface area (Å²) in [5.74, 6) is -0.0595. The fraction of sp³-hybridized carbons (Fsp3) is 0.133. The van der Waals surface area contributed by atoms with E-state index in [1.165, 1.54) is 12.1 Å².